The Hall–Kier alpha value is -2.82. The Morgan fingerprint density at radius 1 is 1.17 bits per heavy atom. The predicted octanol–water partition coefficient (Wildman–Crippen LogP) is 4.89. The zero-order valence-corrected chi connectivity index (χ0v) is 21.8. The van der Waals surface area contributed by atoms with Crippen molar-refractivity contribution in [3.05, 3.63) is 41.8 Å². The summed E-state index contributed by atoms with van der Waals surface area (Å²) in [6, 6.07) is 4.02. The zero-order chi connectivity index (χ0) is 26.3. The van der Waals surface area contributed by atoms with Crippen LogP contribution < -0.4 is 4.72 Å². The van der Waals surface area contributed by atoms with E-state index in [1.807, 2.05) is 4.72 Å². The van der Waals surface area contributed by atoms with E-state index in [0.717, 1.165) is 37.1 Å². The molecule has 1 aliphatic carbocycles. The number of benzene rings is 1. The summed E-state index contributed by atoms with van der Waals surface area (Å²) >= 11 is 0. The molecule has 1 N–H and O–H groups in total. The van der Waals surface area contributed by atoms with E-state index in [4.69, 9.17) is 9.26 Å². The topological polar surface area (TPSA) is 128 Å². The molecule has 1 fully saturated rings. The molecular weight excluding hydrogens is 489 g/mol. The predicted molar refractivity (Wildman–Crippen MR) is 129 cm³/mol. The van der Waals surface area contributed by atoms with Crippen molar-refractivity contribution in [3.8, 4) is 0 Å². The van der Waals surface area contributed by atoms with Crippen molar-refractivity contribution in [1.82, 2.24) is 14.9 Å². The van der Waals surface area contributed by atoms with Gasteiger partial charge in [-0.2, -0.15) is 4.98 Å². The summed E-state index contributed by atoms with van der Waals surface area (Å²) in [7, 11) is -4.26. The SMILES string of the molecule is CC(C)(C)OC(=O)CC(CCCC1CCCCC1)c1nc(C(=O)NS(=O)(=O)c2ccc(F)cc2)no1. The summed E-state index contributed by atoms with van der Waals surface area (Å²) in [5, 5.41) is 3.63. The minimum atomic E-state index is -4.26. The number of esters is 1. The number of rotatable bonds is 10. The number of aromatic nitrogens is 2. The molecule has 1 aliphatic rings. The number of ether oxygens (including phenoxy) is 1. The summed E-state index contributed by atoms with van der Waals surface area (Å²) in [5.41, 5.74) is -0.654. The monoisotopic (exact) mass is 523 g/mol. The Bertz CT molecular complexity index is 1140. The smallest absolute Gasteiger partial charge is 0.307 e. The molecule has 1 unspecified atom stereocenters. The van der Waals surface area contributed by atoms with Gasteiger partial charge in [0.05, 0.1) is 11.3 Å². The summed E-state index contributed by atoms with van der Waals surface area (Å²) in [6.45, 7) is 5.33. The maximum atomic E-state index is 13.1. The first kappa shape index (κ1) is 27.8. The largest absolute Gasteiger partial charge is 0.460 e. The summed E-state index contributed by atoms with van der Waals surface area (Å²) in [4.78, 5) is 28.9. The summed E-state index contributed by atoms with van der Waals surface area (Å²) in [5.74, 6) is -2.32. The van der Waals surface area contributed by atoms with Gasteiger partial charge in [-0.05, 0) is 57.4 Å². The molecule has 1 atom stereocenters. The van der Waals surface area contributed by atoms with Crippen molar-refractivity contribution < 1.29 is 31.7 Å². The van der Waals surface area contributed by atoms with Crippen LogP contribution in [0.2, 0.25) is 0 Å². The number of nitrogens with zero attached hydrogens (tertiary/aromatic N) is 2. The van der Waals surface area contributed by atoms with Gasteiger partial charge >= 0.3 is 11.9 Å². The quantitative estimate of drug-likeness (QED) is 0.436. The fourth-order valence-corrected chi connectivity index (χ4v) is 5.31. The third kappa shape index (κ3) is 8.39. The molecule has 0 bridgehead atoms. The number of amides is 1. The molecule has 0 spiro atoms. The average molecular weight is 524 g/mol. The van der Waals surface area contributed by atoms with Gasteiger partial charge in [0, 0.05) is 5.92 Å². The van der Waals surface area contributed by atoms with Gasteiger partial charge in [0.2, 0.25) is 5.89 Å². The number of carbonyl (C=O) groups is 2. The first-order valence-corrected chi connectivity index (χ1v) is 13.8. The van der Waals surface area contributed by atoms with Crippen molar-refractivity contribution in [1.29, 1.82) is 0 Å². The van der Waals surface area contributed by atoms with Crippen molar-refractivity contribution in [2.75, 3.05) is 0 Å². The highest BCUT2D eigenvalue weighted by Gasteiger charge is 2.29. The highest BCUT2D eigenvalue weighted by Crippen LogP contribution is 2.31. The minimum Gasteiger partial charge on any atom is -0.460 e. The van der Waals surface area contributed by atoms with Crippen LogP contribution in [0.5, 0.6) is 0 Å². The Morgan fingerprint density at radius 2 is 1.83 bits per heavy atom. The zero-order valence-electron chi connectivity index (χ0n) is 21.0. The van der Waals surface area contributed by atoms with Crippen molar-refractivity contribution in [3.63, 3.8) is 0 Å². The number of hydrogen-bond donors (Lipinski definition) is 1. The van der Waals surface area contributed by atoms with E-state index in [0.29, 0.717) is 12.3 Å². The second kappa shape index (κ2) is 11.9. The van der Waals surface area contributed by atoms with Gasteiger partial charge in [0.25, 0.3) is 15.8 Å². The number of hydrogen-bond acceptors (Lipinski definition) is 8. The fraction of sp³-hybridized carbons (Fsp3) is 0.600. The summed E-state index contributed by atoms with van der Waals surface area (Å²) in [6.07, 6.45) is 8.66. The van der Waals surface area contributed by atoms with E-state index in [2.05, 4.69) is 10.1 Å². The highest BCUT2D eigenvalue weighted by molar-refractivity contribution is 7.90. The van der Waals surface area contributed by atoms with E-state index < -0.39 is 45.1 Å². The van der Waals surface area contributed by atoms with Gasteiger partial charge in [0.1, 0.15) is 11.4 Å². The lowest BCUT2D eigenvalue weighted by molar-refractivity contribution is -0.155. The second-order valence-electron chi connectivity index (χ2n) is 10.3. The van der Waals surface area contributed by atoms with Crippen LogP contribution in [0.15, 0.2) is 33.7 Å². The first-order chi connectivity index (χ1) is 16.9. The molecule has 1 aromatic carbocycles. The van der Waals surface area contributed by atoms with Gasteiger partial charge in [-0.3, -0.25) is 9.59 Å². The fourth-order valence-electron chi connectivity index (χ4n) is 4.36. The minimum absolute atomic E-state index is 0.000925. The lowest BCUT2D eigenvalue weighted by atomic mass is 9.84. The maximum Gasteiger partial charge on any atom is 0.307 e. The Balaban J connectivity index is 1.69. The molecule has 1 amide bonds. The van der Waals surface area contributed by atoms with Crippen LogP contribution in [0.4, 0.5) is 4.39 Å². The Kier molecular flexibility index (Phi) is 9.21. The molecule has 1 saturated carbocycles. The average Bonchev–Trinajstić information content (AvgIpc) is 3.28. The van der Waals surface area contributed by atoms with Gasteiger partial charge in [-0.1, -0.05) is 50.1 Å². The normalized spacial score (nSPS) is 15.9. The molecular formula is C25H34FN3O6S. The lowest BCUT2D eigenvalue weighted by Gasteiger charge is -2.23. The first-order valence-electron chi connectivity index (χ1n) is 12.3. The Labute approximate surface area is 211 Å². The molecule has 11 heteroatoms. The van der Waals surface area contributed by atoms with E-state index in [9.17, 15) is 22.4 Å². The van der Waals surface area contributed by atoms with Crippen LogP contribution >= 0.6 is 0 Å². The van der Waals surface area contributed by atoms with Gasteiger partial charge in [0.15, 0.2) is 0 Å². The van der Waals surface area contributed by atoms with Crippen LogP contribution in [0.1, 0.15) is 101 Å². The van der Waals surface area contributed by atoms with E-state index >= 15 is 0 Å². The second-order valence-corrected chi connectivity index (χ2v) is 11.9. The van der Waals surface area contributed by atoms with Crippen molar-refractivity contribution in [2.24, 2.45) is 5.92 Å². The number of carbonyl (C=O) groups excluding carboxylic acids is 2. The van der Waals surface area contributed by atoms with Crippen molar-refractivity contribution in [2.45, 2.75) is 95.0 Å². The third-order valence-corrected chi connectivity index (χ3v) is 7.41. The number of halogens is 1. The molecule has 1 heterocycles. The molecule has 1 aromatic heterocycles. The van der Waals surface area contributed by atoms with Crippen LogP contribution in [0.25, 0.3) is 0 Å². The van der Waals surface area contributed by atoms with E-state index in [1.165, 1.54) is 32.1 Å². The molecule has 3 rings (SSSR count). The van der Waals surface area contributed by atoms with Crippen molar-refractivity contribution >= 4 is 21.9 Å². The van der Waals surface area contributed by atoms with Gasteiger partial charge < -0.3 is 9.26 Å². The molecule has 198 valence electrons. The van der Waals surface area contributed by atoms with Crippen LogP contribution in [0.3, 0.4) is 0 Å². The van der Waals surface area contributed by atoms with Gasteiger partial charge in [-0.25, -0.2) is 17.5 Å². The molecule has 0 aliphatic heterocycles. The molecule has 0 radical (unpaired) electrons. The third-order valence-electron chi connectivity index (χ3n) is 6.07. The standard InChI is InChI=1S/C25H34FN3O6S/c1-25(2,3)34-21(30)16-18(11-7-10-17-8-5-4-6-9-17)24-27-22(28-35-24)23(31)29-36(32,33)20-14-12-19(26)13-15-20/h12-15,17-18H,4-11,16H2,1-3H3,(H,29,31). The van der Waals surface area contributed by atoms with E-state index in [1.54, 1.807) is 20.8 Å². The molecule has 0 saturated heterocycles. The van der Waals surface area contributed by atoms with Crippen LogP contribution in [-0.4, -0.2) is 36.0 Å². The maximum absolute atomic E-state index is 13.1. The molecule has 36 heavy (non-hydrogen) atoms. The lowest BCUT2D eigenvalue weighted by Crippen LogP contribution is -2.31. The van der Waals surface area contributed by atoms with Crippen LogP contribution in [0, 0.1) is 11.7 Å². The van der Waals surface area contributed by atoms with Gasteiger partial charge in [-0.15, -0.1) is 0 Å². The Morgan fingerprint density at radius 3 is 2.47 bits per heavy atom. The summed E-state index contributed by atoms with van der Waals surface area (Å²) < 4.78 is 50.6. The molecule has 2 aromatic rings. The van der Waals surface area contributed by atoms with E-state index in [-0.39, 0.29) is 17.2 Å². The molecule has 9 nitrogen and oxygen atoms in total. The number of sulfonamides is 1. The van der Waals surface area contributed by atoms with Crippen LogP contribution in [-0.2, 0) is 19.6 Å². The number of nitrogens with one attached hydrogen (secondary N) is 1. The highest BCUT2D eigenvalue weighted by atomic mass is 32.2.